The molecule has 1 fully saturated rings. The third-order valence-corrected chi connectivity index (χ3v) is 5.23. The van der Waals surface area contributed by atoms with Gasteiger partial charge in [-0.2, -0.15) is 0 Å². The number of hydrogen-bond donors (Lipinski definition) is 1. The summed E-state index contributed by atoms with van der Waals surface area (Å²) in [5, 5.41) is 18.1. The molecule has 0 aliphatic carbocycles. The van der Waals surface area contributed by atoms with Crippen molar-refractivity contribution in [3.63, 3.8) is 0 Å². The van der Waals surface area contributed by atoms with E-state index in [1.807, 2.05) is 23.0 Å². The predicted molar refractivity (Wildman–Crippen MR) is 102 cm³/mol. The van der Waals surface area contributed by atoms with Crippen molar-refractivity contribution in [3.05, 3.63) is 65.9 Å². The van der Waals surface area contributed by atoms with Crippen LogP contribution >= 0.6 is 0 Å². The van der Waals surface area contributed by atoms with Gasteiger partial charge in [0.25, 0.3) is 0 Å². The standard InChI is InChI=1S/C21H24N4O/c1-16-5-2-3-8-20(16)18-9-10-24(14-18)11-12-25-15-21(22-23-25)17-6-4-7-19(26)13-17/h2-8,13,15,18,26H,9-12,14H2,1H3/t18-/m0/s1. The predicted octanol–water partition coefficient (Wildman–Crippen LogP) is 3.45. The molecular formula is C21H24N4O. The highest BCUT2D eigenvalue weighted by atomic mass is 16.3. The van der Waals surface area contributed by atoms with Crippen molar-refractivity contribution in [1.29, 1.82) is 0 Å². The molecule has 0 radical (unpaired) electrons. The molecule has 1 aromatic heterocycles. The maximum absolute atomic E-state index is 9.60. The number of phenolic OH excluding ortho intramolecular Hbond substituents is 1. The number of phenols is 1. The van der Waals surface area contributed by atoms with Gasteiger partial charge in [0, 0.05) is 18.7 Å². The Morgan fingerprint density at radius 1 is 1.12 bits per heavy atom. The van der Waals surface area contributed by atoms with Crippen LogP contribution in [-0.2, 0) is 6.54 Å². The monoisotopic (exact) mass is 348 g/mol. The van der Waals surface area contributed by atoms with E-state index >= 15 is 0 Å². The van der Waals surface area contributed by atoms with Crippen LogP contribution in [0.25, 0.3) is 11.3 Å². The SMILES string of the molecule is Cc1ccccc1[C@H]1CCN(CCn2cc(-c3cccc(O)c3)nn2)C1. The zero-order valence-corrected chi connectivity index (χ0v) is 15.0. The van der Waals surface area contributed by atoms with Crippen LogP contribution in [0.4, 0.5) is 0 Å². The summed E-state index contributed by atoms with van der Waals surface area (Å²) in [6.07, 6.45) is 3.17. The Labute approximate surface area is 153 Å². The van der Waals surface area contributed by atoms with E-state index in [-0.39, 0.29) is 5.75 Å². The van der Waals surface area contributed by atoms with Crippen molar-refractivity contribution >= 4 is 0 Å². The average Bonchev–Trinajstić information content (AvgIpc) is 3.30. The maximum Gasteiger partial charge on any atom is 0.116 e. The van der Waals surface area contributed by atoms with Gasteiger partial charge in [0.1, 0.15) is 11.4 Å². The summed E-state index contributed by atoms with van der Waals surface area (Å²) in [5.74, 6) is 0.881. The summed E-state index contributed by atoms with van der Waals surface area (Å²) in [4.78, 5) is 2.51. The van der Waals surface area contributed by atoms with Crippen LogP contribution < -0.4 is 0 Å². The molecule has 1 aliphatic rings. The molecule has 0 saturated carbocycles. The first-order valence-corrected chi connectivity index (χ1v) is 9.16. The number of benzene rings is 2. The summed E-state index contributed by atoms with van der Waals surface area (Å²) in [6, 6.07) is 15.8. The quantitative estimate of drug-likeness (QED) is 0.767. The van der Waals surface area contributed by atoms with Crippen molar-refractivity contribution in [2.24, 2.45) is 0 Å². The van der Waals surface area contributed by atoms with Crippen molar-refractivity contribution < 1.29 is 5.11 Å². The van der Waals surface area contributed by atoms with Gasteiger partial charge in [-0.25, -0.2) is 0 Å². The third kappa shape index (κ3) is 3.63. The van der Waals surface area contributed by atoms with Crippen molar-refractivity contribution in [1.82, 2.24) is 19.9 Å². The van der Waals surface area contributed by atoms with Crippen LogP contribution in [0.5, 0.6) is 5.75 Å². The summed E-state index contributed by atoms with van der Waals surface area (Å²) in [5.41, 5.74) is 4.56. The highest BCUT2D eigenvalue weighted by molar-refractivity contribution is 5.59. The summed E-state index contributed by atoms with van der Waals surface area (Å²) < 4.78 is 1.89. The summed E-state index contributed by atoms with van der Waals surface area (Å²) >= 11 is 0. The third-order valence-electron chi connectivity index (χ3n) is 5.23. The van der Waals surface area contributed by atoms with Crippen LogP contribution in [0.3, 0.4) is 0 Å². The molecule has 26 heavy (non-hydrogen) atoms. The Kier molecular flexibility index (Phi) is 4.71. The second-order valence-electron chi connectivity index (χ2n) is 7.06. The summed E-state index contributed by atoms with van der Waals surface area (Å²) in [6.45, 7) is 6.25. The molecule has 1 N–H and O–H groups in total. The lowest BCUT2D eigenvalue weighted by atomic mass is 9.94. The molecule has 2 heterocycles. The molecule has 3 aromatic rings. The normalized spacial score (nSPS) is 17.7. The molecule has 1 saturated heterocycles. The first kappa shape index (κ1) is 16.8. The number of aromatic hydroxyl groups is 1. The second-order valence-corrected chi connectivity index (χ2v) is 7.06. The topological polar surface area (TPSA) is 54.2 Å². The second kappa shape index (κ2) is 7.30. The molecular weight excluding hydrogens is 324 g/mol. The van der Waals surface area contributed by atoms with Gasteiger partial charge in [-0.15, -0.1) is 5.10 Å². The van der Waals surface area contributed by atoms with Crippen LogP contribution in [0.15, 0.2) is 54.7 Å². The lowest BCUT2D eigenvalue weighted by molar-refractivity contribution is 0.310. The molecule has 0 bridgehead atoms. The first-order chi connectivity index (χ1) is 12.7. The van der Waals surface area contributed by atoms with Gasteiger partial charge in [-0.05, 0) is 49.1 Å². The van der Waals surface area contributed by atoms with E-state index in [0.29, 0.717) is 5.92 Å². The summed E-state index contributed by atoms with van der Waals surface area (Å²) in [7, 11) is 0. The minimum atomic E-state index is 0.247. The number of likely N-dealkylation sites (tertiary alicyclic amines) is 1. The molecule has 0 amide bonds. The largest absolute Gasteiger partial charge is 0.508 e. The average molecular weight is 348 g/mol. The van der Waals surface area contributed by atoms with E-state index in [9.17, 15) is 5.11 Å². The molecule has 134 valence electrons. The van der Waals surface area contributed by atoms with Gasteiger partial charge in [-0.3, -0.25) is 4.68 Å². The Morgan fingerprint density at radius 2 is 2.00 bits per heavy atom. The van der Waals surface area contributed by atoms with Gasteiger partial charge < -0.3 is 10.0 Å². The lowest BCUT2D eigenvalue weighted by Gasteiger charge is -2.17. The fourth-order valence-electron chi connectivity index (χ4n) is 3.78. The van der Waals surface area contributed by atoms with Crippen LogP contribution in [0, 0.1) is 6.92 Å². The van der Waals surface area contributed by atoms with Gasteiger partial charge in [0.2, 0.25) is 0 Å². The Morgan fingerprint density at radius 3 is 2.85 bits per heavy atom. The number of aromatic nitrogens is 3. The number of nitrogens with zero attached hydrogens (tertiary/aromatic N) is 4. The van der Waals surface area contributed by atoms with E-state index in [1.165, 1.54) is 17.5 Å². The Bertz CT molecular complexity index is 889. The van der Waals surface area contributed by atoms with Crippen LogP contribution in [0.1, 0.15) is 23.5 Å². The van der Waals surface area contributed by atoms with Crippen LogP contribution in [-0.4, -0.2) is 44.6 Å². The first-order valence-electron chi connectivity index (χ1n) is 9.16. The molecule has 4 rings (SSSR count). The minimum absolute atomic E-state index is 0.247. The molecule has 0 unspecified atom stereocenters. The van der Waals surface area contributed by atoms with E-state index in [0.717, 1.165) is 37.4 Å². The smallest absolute Gasteiger partial charge is 0.116 e. The number of hydrogen-bond acceptors (Lipinski definition) is 4. The highest BCUT2D eigenvalue weighted by Gasteiger charge is 2.24. The van der Waals surface area contributed by atoms with E-state index in [1.54, 1.807) is 12.1 Å². The highest BCUT2D eigenvalue weighted by Crippen LogP contribution is 2.29. The lowest BCUT2D eigenvalue weighted by Crippen LogP contribution is -2.25. The Balaban J connectivity index is 1.35. The maximum atomic E-state index is 9.60. The van der Waals surface area contributed by atoms with Gasteiger partial charge in [0.05, 0.1) is 12.7 Å². The molecule has 5 heteroatoms. The number of rotatable bonds is 5. The van der Waals surface area contributed by atoms with Gasteiger partial charge in [-0.1, -0.05) is 41.6 Å². The number of aryl methyl sites for hydroxylation is 1. The van der Waals surface area contributed by atoms with Crippen LogP contribution in [0.2, 0.25) is 0 Å². The van der Waals surface area contributed by atoms with E-state index < -0.39 is 0 Å². The van der Waals surface area contributed by atoms with Crippen molar-refractivity contribution in [2.45, 2.75) is 25.8 Å². The fraction of sp³-hybridized carbons (Fsp3) is 0.333. The molecule has 1 atom stereocenters. The Hall–Kier alpha value is -2.66. The molecule has 1 aliphatic heterocycles. The van der Waals surface area contributed by atoms with Crippen molar-refractivity contribution in [3.8, 4) is 17.0 Å². The van der Waals surface area contributed by atoms with Crippen molar-refractivity contribution in [2.75, 3.05) is 19.6 Å². The molecule has 2 aromatic carbocycles. The van der Waals surface area contributed by atoms with E-state index in [4.69, 9.17) is 0 Å². The minimum Gasteiger partial charge on any atom is -0.508 e. The van der Waals surface area contributed by atoms with Gasteiger partial charge in [0.15, 0.2) is 0 Å². The molecule has 0 spiro atoms. The molecule has 5 nitrogen and oxygen atoms in total. The van der Waals surface area contributed by atoms with Gasteiger partial charge >= 0.3 is 0 Å². The zero-order valence-electron chi connectivity index (χ0n) is 15.0. The zero-order chi connectivity index (χ0) is 17.9. The fourth-order valence-corrected chi connectivity index (χ4v) is 3.78. The van der Waals surface area contributed by atoms with E-state index in [2.05, 4.69) is 46.4 Å².